The van der Waals surface area contributed by atoms with Crippen LogP contribution in [0.5, 0.6) is 0 Å². The lowest BCUT2D eigenvalue weighted by molar-refractivity contribution is 0.813. The van der Waals surface area contributed by atoms with Gasteiger partial charge in [0.15, 0.2) is 0 Å². The van der Waals surface area contributed by atoms with E-state index in [2.05, 4.69) is 23.7 Å². The third-order valence-electron chi connectivity index (χ3n) is 3.93. The summed E-state index contributed by atoms with van der Waals surface area (Å²) < 4.78 is 1.36. The molecule has 0 aliphatic heterocycles. The number of anilines is 1. The highest BCUT2D eigenvalue weighted by Crippen LogP contribution is 2.54. The van der Waals surface area contributed by atoms with Gasteiger partial charge in [0.1, 0.15) is 0 Å². The van der Waals surface area contributed by atoms with Crippen molar-refractivity contribution in [2.24, 2.45) is 7.05 Å². The lowest BCUT2D eigenvalue weighted by atomic mass is 10.0. The molecular formula is C16H17N3O. The molecule has 1 aliphatic rings. The van der Waals surface area contributed by atoms with Crippen molar-refractivity contribution in [1.82, 2.24) is 9.55 Å². The first-order chi connectivity index (χ1) is 9.60. The summed E-state index contributed by atoms with van der Waals surface area (Å²) in [5, 5.41) is 0. The zero-order valence-electron chi connectivity index (χ0n) is 11.4. The fourth-order valence-corrected chi connectivity index (χ4v) is 2.57. The third kappa shape index (κ3) is 2.13. The highest BCUT2D eigenvalue weighted by atomic mass is 16.1. The Labute approximate surface area is 117 Å². The van der Waals surface area contributed by atoms with Gasteiger partial charge >= 0.3 is 0 Å². The van der Waals surface area contributed by atoms with Crippen molar-refractivity contribution in [3.05, 3.63) is 64.1 Å². The van der Waals surface area contributed by atoms with Crippen molar-refractivity contribution in [2.45, 2.75) is 18.3 Å². The Morgan fingerprint density at radius 3 is 2.90 bits per heavy atom. The highest BCUT2D eigenvalue weighted by Gasteiger charge is 2.41. The first-order valence-electron chi connectivity index (χ1n) is 6.66. The van der Waals surface area contributed by atoms with E-state index < -0.39 is 0 Å². The van der Waals surface area contributed by atoms with Crippen LogP contribution in [0.15, 0.2) is 41.7 Å². The second kappa shape index (κ2) is 4.63. The molecule has 2 atom stereocenters. The van der Waals surface area contributed by atoms with E-state index in [1.807, 2.05) is 18.2 Å². The fourth-order valence-electron chi connectivity index (χ4n) is 2.57. The predicted octanol–water partition coefficient (Wildman–Crippen LogP) is 2.28. The van der Waals surface area contributed by atoms with Crippen LogP contribution in [0.4, 0.5) is 5.95 Å². The zero-order chi connectivity index (χ0) is 14.3. The first kappa shape index (κ1) is 12.7. The predicted molar refractivity (Wildman–Crippen MR) is 80.5 cm³/mol. The molecule has 1 fully saturated rings. The largest absolute Gasteiger partial charge is 0.369 e. The number of nitrogens with two attached hydrogens (primary N) is 1. The quantitative estimate of drug-likeness (QED) is 0.928. The number of hydrogen-bond acceptors (Lipinski definition) is 3. The Morgan fingerprint density at radius 2 is 2.20 bits per heavy atom. The molecule has 2 aromatic rings. The van der Waals surface area contributed by atoms with E-state index in [-0.39, 0.29) is 11.5 Å². The van der Waals surface area contributed by atoms with Crippen LogP contribution < -0.4 is 11.3 Å². The third-order valence-corrected chi connectivity index (χ3v) is 3.93. The zero-order valence-corrected chi connectivity index (χ0v) is 11.4. The Hall–Kier alpha value is -2.36. The van der Waals surface area contributed by atoms with Gasteiger partial charge in [0.2, 0.25) is 5.95 Å². The minimum Gasteiger partial charge on any atom is -0.369 e. The number of rotatable bonds is 3. The molecule has 102 valence electrons. The van der Waals surface area contributed by atoms with Gasteiger partial charge in [-0.25, -0.2) is 4.98 Å². The van der Waals surface area contributed by atoms with Gasteiger partial charge in [-0.2, -0.15) is 0 Å². The molecule has 1 heterocycles. The Bertz CT molecular complexity index is 733. The average Bonchev–Trinajstić information content (AvgIpc) is 3.25. The number of nitrogen functional groups attached to an aromatic ring is 1. The van der Waals surface area contributed by atoms with Crippen molar-refractivity contribution in [3.63, 3.8) is 0 Å². The maximum absolute atomic E-state index is 11.8. The van der Waals surface area contributed by atoms with Gasteiger partial charge in [-0.15, -0.1) is 0 Å². The summed E-state index contributed by atoms with van der Waals surface area (Å²) in [6.45, 7) is 3.79. The molecule has 1 aromatic heterocycles. The van der Waals surface area contributed by atoms with E-state index in [9.17, 15) is 4.79 Å². The van der Waals surface area contributed by atoms with Gasteiger partial charge in [-0.3, -0.25) is 9.36 Å². The minimum atomic E-state index is -0.0991. The SMILES string of the molecule is C=Cc1cccc([C@@H]2C[C@@H]2c2cc(=O)n(C)c(N)n2)c1. The van der Waals surface area contributed by atoms with Crippen molar-refractivity contribution in [1.29, 1.82) is 0 Å². The molecule has 2 N–H and O–H groups in total. The summed E-state index contributed by atoms with van der Waals surface area (Å²) in [4.78, 5) is 16.1. The summed E-state index contributed by atoms with van der Waals surface area (Å²) in [6, 6.07) is 9.92. The summed E-state index contributed by atoms with van der Waals surface area (Å²) in [5.74, 6) is 0.998. The molecule has 4 nitrogen and oxygen atoms in total. The van der Waals surface area contributed by atoms with Gasteiger partial charge in [-0.05, 0) is 23.5 Å². The van der Waals surface area contributed by atoms with Crippen LogP contribution in [0.2, 0.25) is 0 Å². The molecule has 0 radical (unpaired) electrons. The van der Waals surface area contributed by atoms with Gasteiger partial charge in [0.25, 0.3) is 5.56 Å². The van der Waals surface area contributed by atoms with Crippen LogP contribution in [0.3, 0.4) is 0 Å². The lowest BCUT2D eigenvalue weighted by Gasteiger charge is -2.05. The smallest absolute Gasteiger partial charge is 0.254 e. The number of aromatic nitrogens is 2. The molecule has 20 heavy (non-hydrogen) atoms. The van der Waals surface area contributed by atoms with Crippen LogP contribution >= 0.6 is 0 Å². The monoisotopic (exact) mass is 267 g/mol. The average molecular weight is 267 g/mol. The summed E-state index contributed by atoms with van der Waals surface area (Å²) in [5.41, 5.74) is 8.85. The van der Waals surface area contributed by atoms with Crippen molar-refractivity contribution < 1.29 is 0 Å². The topological polar surface area (TPSA) is 60.9 Å². The van der Waals surface area contributed by atoms with Crippen molar-refractivity contribution in [2.75, 3.05) is 5.73 Å². The Kier molecular flexibility index (Phi) is 2.93. The van der Waals surface area contributed by atoms with Crippen LogP contribution in [-0.2, 0) is 7.05 Å². The van der Waals surface area contributed by atoms with Gasteiger partial charge < -0.3 is 5.73 Å². The number of nitrogens with zero attached hydrogens (tertiary/aromatic N) is 2. The number of hydrogen-bond donors (Lipinski definition) is 1. The van der Waals surface area contributed by atoms with E-state index in [0.717, 1.165) is 17.7 Å². The van der Waals surface area contributed by atoms with Crippen LogP contribution in [0.25, 0.3) is 6.08 Å². The summed E-state index contributed by atoms with van der Waals surface area (Å²) in [6.07, 6.45) is 2.86. The van der Waals surface area contributed by atoms with E-state index in [1.54, 1.807) is 13.1 Å². The summed E-state index contributed by atoms with van der Waals surface area (Å²) in [7, 11) is 1.63. The molecule has 0 bridgehead atoms. The molecule has 1 saturated carbocycles. The van der Waals surface area contributed by atoms with E-state index >= 15 is 0 Å². The standard InChI is InChI=1S/C16H17N3O/c1-3-10-5-4-6-11(7-10)12-8-13(12)14-9-15(20)19(2)16(17)18-14/h3-7,9,12-13H,1,8H2,2H3,(H2,17,18)/t12-,13-/m0/s1. The maximum atomic E-state index is 11.8. The second-order valence-electron chi connectivity index (χ2n) is 5.26. The van der Waals surface area contributed by atoms with Crippen molar-refractivity contribution >= 4 is 12.0 Å². The minimum absolute atomic E-state index is 0.0991. The molecule has 0 saturated heterocycles. The van der Waals surface area contributed by atoms with Crippen LogP contribution in [0, 0.1) is 0 Å². The lowest BCUT2D eigenvalue weighted by Crippen LogP contribution is -2.21. The van der Waals surface area contributed by atoms with E-state index in [0.29, 0.717) is 11.8 Å². The van der Waals surface area contributed by atoms with Gasteiger partial charge in [0, 0.05) is 19.0 Å². The first-order valence-corrected chi connectivity index (χ1v) is 6.66. The molecule has 1 aromatic carbocycles. The van der Waals surface area contributed by atoms with Gasteiger partial charge in [0.05, 0.1) is 5.69 Å². The molecule has 0 spiro atoms. The number of benzene rings is 1. The molecule has 3 rings (SSSR count). The highest BCUT2D eigenvalue weighted by molar-refractivity contribution is 5.50. The van der Waals surface area contributed by atoms with Crippen molar-refractivity contribution in [3.8, 4) is 0 Å². The molecular weight excluding hydrogens is 250 g/mol. The Balaban J connectivity index is 1.89. The van der Waals surface area contributed by atoms with Gasteiger partial charge in [-0.1, -0.05) is 36.9 Å². The second-order valence-corrected chi connectivity index (χ2v) is 5.26. The molecule has 1 aliphatic carbocycles. The van der Waals surface area contributed by atoms with E-state index in [1.165, 1.54) is 10.1 Å². The Morgan fingerprint density at radius 1 is 1.40 bits per heavy atom. The maximum Gasteiger partial charge on any atom is 0.254 e. The van der Waals surface area contributed by atoms with Crippen LogP contribution in [-0.4, -0.2) is 9.55 Å². The molecule has 0 unspecified atom stereocenters. The molecule has 4 heteroatoms. The normalized spacial score (nSPS) is 20.6. The molecule has 0 amide bonds. The van der Waals surface area contributed by atoms with Crippen LogP contribution in [0.1, 0.15) is 35.1 Å². The summed E-state index contributed by atoms with van der Waals surface area (Å²) >= 11 is 0. The fraction of sp³-hybridized carbons (Fsp3) is 0.250. The van der Waals surface area contributed by atoms with E-state index in [4.69, 9.17) is 5.73 Å².